The number of aliphatic hydroxyl groups excluding tert-OH is 1. The quantitative estimate of drug-likeness (QED) is 0.717. The Labute approximate surface area is 138 Å². The maximum Gasteiger partial charge on any atom is 0.243 e. The number of rotatable bonds is 6. The van der Waals surface area contributed by atoms with E-state index < -0.39 is 26.8 Å². The van der Waals surface area contributed by atoms with E-state index >= 15 is 0 Å². The monoisotopic (exact) mass is 349 g/mol. The summed E-state index contributed by atoms with van der Waals surface area (Å²) in [6, 6.07) is 14.2. The van der Waals surface area contributed by atoms with Crippen LogP contribution in [0.4, 0.5) is 4.39 Å². The van der Waals surface area contributed by atoms with Gasteiger partial charge in [-0.2, -0.15) is 0 Å². The highest BCUT2D eigenvalue weighted by molar-refractivity contribution is 7.89. The fourth-order valence-corrected chi connectivity index (χ4v) is 3.50. The molecule has 0 amide bonds. The summed E-state index contributed by atoms with van der Waals surface area (Å²) in [5.41, 5.74) is 0.651. The summed E-state index contributed by atoms with van der Waals surface area (Å²) in [6.07, 6.45) is -0.853. The Morgan fingerprint density at radius 3 is 2.58 bits per heavy atom. The van der Waals surface area contributed by atoms with E-state index in [1.54, 1.807) is 12.1 Å². The van der Waals surface area contributed by atoms with Crippen LogP contribution >= 0.6 is 0 Å². The molecule has 0 fully saturated rings. The van der Waals surface area contributed by atoms with Gasteiger partial charge in [-0.1, -0.05) is 30.3 Å². The molecule has 0 aliphatic heterocycles. The second-order valence-electron chi connectivity index (χ2n) is 5.32. The van der Waals surface area contributed by atoms with Gasteiger partial charge < -0.3 is 9.52 Å². The molecule has 0 spiro atoms. The van der Waals surface area contributed by atoms with Gasteiger partial charge in [-0.3, -0.25) is 0 Å². The molecule has 1 unspecified atom stereocenters. The van der Waals surface area contributed by atoms with Crippen LogP contribution in [0.15, 0.2) is 63.9 Å². The first-order valence-corrected chi connectivity index (χ1v) is 8.86. The van der Waals surface area contributed by atoms with Gasteiger partial charge in [0, 0.05) is 11.9 Å². The number of hydrogen-bond donors (Lipinski definition) is 2. The predicted molar refractivity (Wildman–Crippen MR) is 87.4 cm³/mol. The number of aliphatic hydroxyl groups is 1. The highest BCUT2D eigenvalue weighted by Crippen LogP contribution is 2.25. The first kappa shape index (κ1) is 16.6. The third-order valence-electron chi connectivity index (χ3n) is 3.61. The molecule has 5 nitrogen and oxygen atoms in total. The summed E-state index contributed by atoms with van der Waals surface area (Å²) in [5.74, 6) is -0.455. The molecule has 0 bridgehead atoms. The third kappa shape index (κ3) is 3.48. The molecule has 1 aromatic heterocycles. The summed E-state index contributed by atoms with van der Waals surface area (Å²) < 4.78 is 45.5. The molecule has 1 heterocycles. The van der Waals surface area contributed by atoms with Gasteiger partial charge in [-0.25, -0.2) is 17.5 Å². The summed E-state index contributed by atoms with van der Waals surface area (Å²) in [7, 11) is -3.96. The second kappa shape index (κ2) is 6.72. The summed E-state index contributed by atoms with van der Waals surface area (Å²) in [6.45, 7) is -0.0467. The Hall–Kier alpha value is -2.22. The number of nitrogens with one attached hydrogen (secondary N) is 1. The molecule has 0 saturated heterocycles. The Balaban J connectivity index is 1.64. The highest BCUT2D eigenvalue weighted by atomic mass is 32.2. The van der Waals surface area contributed by atoms with Crippen LogP contribution in [0.25, 0.3) is 11.0 Å². The van der Waals surface area contributed by atoms with Crippen molar-refractivity contribution < 1.29 is 22.3 Å². The minimum Gasteiger partial charge on any atom is -0.458 e. The van der Waals surface area contributed by atoms with Crippen LogP contribution in [0.3, 0.4) is 0 Å². The van der Waals surface area contributed by atoms with Crippen molar-refractivity contribution in [2.45, 2.75) is 17.4 Å². The normalized spacial score (nSPS) is 13.2. The number of furan rings is 1. The van der Waals surface area contributed by atoms with E-state index in [0.29, 0.717) is 11.3 Å². The third-order valence-corrected chi connectivity index (χ3v) is 5.10. The molecule has 24 heavy (non-hydrogen) atoms. The van der Waals surface area contributed by atoms with Gasteiger partial charge in [-0.05, 0) is 30.7 Å². The highest BCUT2D eigenvalue weighted by Gasteiger charge is 2.19. The maximum atomic E-state index is 13.6. The van der Waals surface area contributed by atoms with Crippen molar-refractivity contribution in [2.75, 3.05) is 6.54 Å². The lowest BCUT2D eigenvalue weighted by Gasteiger charge is -2.10. The molecule has 1 atom stereocenters. The standard InChI is InChI=1S/C17H16FNO4S/c18-13-6-2-4-8-17(13)24(21,22)19-10-9-14(20)16-11-12-5-1-3-7-15(12)23-16/h1-8,11,14,19-20H,9-10H2. The van der Waals surface area contributed by atoms with Crippen molar-refractivity contribution in [1.82, 2.24) is 4.72 Å². The van der Waals surface area contributed by atoms with Crippen LogP contribution in [0.1, 0.15) is 18.3 Å². The van der Waals surface area contributed by atoms with E-state index in [1.807, 2.05) is 18.2 Å². The Kier molecular flexibility index (Phi) is 4.66. The molecular weight excluding hydrogens is 333 g/mol. The molecule has 2 N–H and O–H groups in total. The molecule has 0 saturated carbocycles. The first-order valence-electron chi connectivity index (χ1n) is 7.38. The van der Waals surface area contributed by atoms with Crippen molar-refractivity contribution in [3.8, 4) is 0 Å². The number of sulfonamides is 1. The zero-order valence-corrected chi connectivity index (χ0v) is 13.5. The van der Waals surface area contributed by atoms with Gasteiger partial charge >= 0.3 is 0 Å². The van der Waals surface area contributed by atoms with Crippen molar-refractivity contribution in [3.05, 3.63) is 66.2 Å². The van der Waals surface area contributed by atoms with Gasteiger partial charge in [0.15, 0.2) is 0 Å². The molecule has 0 aliphatic carbocycles. The van der Waals surface area contributed by atoms with Crippen LogP contribution in [0, 0.1) is 5.82 Å². The lowest BCUT2D eigenvalue weighted by molar-refractivity contribution is 0.144. The van der Waals surface area contributed by atoms with E-state index in [2.05, 4.69) is 4.72 Å². The fourth-order valence-electron chi connectivity index (χ4n) is 2.38. The Morgan fingerprint density at radius 2 is 1.83 bits per heavy atom. The lowest BCUT2D eigenvalue weighted by atomic mass is 10.2. The molecule has 3 rings (SSSR count). The zero-order chi connectivity index (χ0) is 17.2. The minimum atomic E-state index is -3.96. The number of benzene rings is 2. The number of hydrogen-bond acceptors (Lipinski definition) is 4. The van der Waals surface area contributed by atoms with Crippen molar-refractivity contribution >= 4 is 21.0 Å². The van der Waals surface area contributed by atoms with E-state index in [4.69, 9.17) is 4.42 Å². The smallest absolute Gasteiger partial charge is 0.243 e. The second-order valence-corrected chi connectivity index (χ2v) is 7.05. The zero-order valence-electron chi connectivity index (χ0n) is 12.6. The van der Waals surface area contributed by atoms with Gasteiger partial charge in [0.05, 0.1) is 0 Å². The number of fused-ring (bicyclic) bond motifs is 1. The number of para-hydroxylation sites is 1. The maximum absolute atomic E-state index is 13.6. The Morgan fingerprint density at radius 1 is 1.12 bits per heavy atom. The molecule has 0 aliphatic rings. The largest absolute Gasteiger partial charge is 0.458 e. The minimum absolute atomic E-state index is 0.0467. The predicted octanol–water partition coefficient (Wildman–Crippen LogP) is 2.97. The molecule has 126 valence electrons. The van der Waals surface area contributed by atoms with E-state index in [9.17, 15) is 17.9 Å². The van der Waals surface area contributed by atoms with Crippen LogP contribution < -0.4 is 4.72 Å². The van der Waals surface area contributed by atoms with E-state index in [0.717, 1.165) is 11.5 Å². The average molecular weight is 349 g/mol. The van der Waals surface area contributed by atoms with Crippen LogP contribution in [0.2, 0.25) is 0 Å². The van der Waals surface area contributed by atoms with Crippen molar-refractivity contribution in [2.24, 2.45) is 0 Å². The summed E-state index contributed by atoms with van der Waals surface area (Å²) >= 11 is 0. The van der Waals surface area contributed by atoms with Gasteiger partial charge in [0.2, 0.25) is 10.0 Å². The Bertz CT molecular complexity index is 919. The van der Waals surface area contributed by atoms with Gasteiger partial charge in [0.1, 0.15) is 28.2 Å². The van der Waals surface area contributed by atoms with Crippen molar-refractivity contribution in [3.63, 3.8) is 0 Å². The van der Waals surface area contributed by atoms with Crippen molar-refractivity contribution in [1.29, 1.82) is 0 Å². The lowest BCUT2D eigenvalue weighted by Crippen LogP contribution is -2.26. The molecular formula is C17H16FNO4S. The van der Waals surface area contributed by atoms with Crippen LogP contribution in [-0.4, -0.2) is 20.1 Å². The van der Waals surface area contributed by atoms with E-state index in [-0.39, 0.29) is 13.0 Å². The molecule has 0 radical (unpaired) electrons. The SMILES string of the molecule is O=S(=O)(NCCC(O)c1cc2ccccc2o1)c1ccccc1F. The van der Waals surface area contributed by atoms with Gasteiger partial charge in [-0.15, -0.1) is 0 Å². The summed E-state index contributed by atoms with van der Waals surface area (Å²) in [4.78, 5) is -0.414. The molecule has 3 aromatic rings. The van der Waals surface area contributed by atoms with E-state index in [1.165, 1.54) is 18.2 Å². The topological polar surface area (TPSA) is 79.5 Å². The fraction of sp³-hybridized carbons (Fsp3) is 0.176. The molecule has 7 heteroatoms. The van der Waals surface area contributed by atoms with Crippen LogP contribution in [0.5, 0.6) is 0 Å². The number of halogens is 1. The molecule has 2 aromatic carbocycles. The van der Waals surface area contributed by atoms with Gasteiger partial charge in [0.25, 0.3) is 0 Å². The summed E-state index contributed by atoms with van der Waals surface area (Å²) in [5, 5.41) is 11.0. The average Bonchev–Trinajstić information content (AvgIpc) is 2.99. The van der Waals surface area contributed by atoms with Crippen LogP contribution in [-0.2, 0) is 10.0 Å². The first-order chi connectivity index (χ1) is 11.5.